The Labute approximate surface area is 76.8 Å². The van der Waals surface area contributed by atoms with Gasteiger partial charge >= 0.3 is 29.6 Å². The zero-order valence-electron chi connectivity index (χ0n) is 5.17. The monoisotopic (exact) mass is 150 g/mol. The van der Waals surface area contributed by atoms with Crippen LogP contribution in [0.3, 0.4) is 0 Å². The average Bonchev–Trinajstić information content (AvgIpc) is 1.41. The summed E-state index contributed by atoms with van der Waals surface area (Å²) >= 11 is 0. The van der Waals surface area contributed by atoms with Crippen LogP contribution in [0.4, 0.5) is 0 Å². The van der Waals surface area contributed by atoms with Crippen LogP contribution in [0.15, 0.2) is 0 Å². The van der Waals surface area contributed by atoms with E-state index in [9.17, 15) is 0 Å². The van der Waals surface area contributed by atoms with Crippen molar-refractivity contribution in [2.75, 3.05) is 7.11 Å². The molecule has 46 valence electrons. The Kier molecular flexibility index (Phi) is 73.5. The molecule has 0 aromatic heterocycles. The molecule has 0 fully saturated rings. The van der Waals surface area contributed by atoms with Crippen molar-refractivity contribution in [1.82, 2.24) is 0 Å². The standard InChI is InChI=1S/C2H4O2.CH4O.ClH.Na/c1-2(3)4;1-2;;/h1H3,(H,3,4);2H,1H3;1H;/q;;;+1/p-1. The summed E-state index contributed by atoms with van der Waals surface area (Å²) in [5.74, 6) is -1.08. The first-order chi connectivity index (χ1) is 2.73. The molecule has 1 N–H and O–H groups in total. The maximum Gasteiger partial charge on any atom is 1.00 e. The second-order valence-corrected chi connectivity index (χ2v) is 0.492. The first kappa shape index (κ1) is 23.3. The fraction of sp³-hybridized carbons (Fsp3) is 0.667. The smallest absolute Gasteiger partial charge is 0.550 e. The zero-order chi connectivity index (χ0) is 5.58. The molecule has 0 amide bonds. The van der Waals surface area contributed by atoms with Gasteiger partial charge in [0.05, 0.1) is 0 Å². The van der Waals surface area contributed by atoms with Crippen molar-refractivity contribution in [2.45, 2.75) is 6.92 Å². The number of aliphatic carboxylic acids is 1. The van der Waals surface area contributed by atoms with Crippen molar-refractivity contribution in [3.63, 3.8) is 0 Å². The SMILES string of the molecule is CC(=O)[O-].CO.Cl.[Na+]. The van der Waals surface area contributed by atoms with Gasteiger partial charge in [0.2, 0.25) is 0 Å². The van der Waals surface area contributed by atoms with E-state index in [1.165, 1.54) is 0 Å². The first-order valence-electron chi connectivity index (χ1n) is 1.36. The summed E-state index contributed by atoms with van der Waals surface area (Å²) in [5.41, 5.74) is 0. The second-order valence-electron chi connectivity index (χ2n) is 0.492. The second kappa shape index (κ2) is 25.2. The average molecular weight is 151 g/mol. The first-order valence-corrected chi connectivity index (χ1v) is 1.36. The van der Waals surface area contributed by atoms with E-state index in [1.54, 1.807) is 0 Å². The van der Waals surface area contributed by atoms with Gasteiger partial charge in [0.15, 0.2) is 0 Å². The Morgan fingerprint density at radius 1 is 1.50 bits per heavy atom. The van der Waals surface area contributed by atoms with Crippen molar-refractivity contribution in [1.29, 1.82) is 0 Å². The van der Waals surface area contributed by atoms with Crippen LogP contribution >= 0.6 is 12.4 Å². The summed E-state index contributed by atoms with van der Waals surface area (Å²) < 4.78 is 0. The number of carboxylic acid groups (broad SMARTS) is 1. The third-order valence-corrected chi connectivity index (χ3v) is 0. The van der Waals surface area contributed by atoms with Crippen molar-refractivity contribution >= 4 is 18.4 Å². The van der Waals surface area contributed by atoms with E-state index in [1.807, 2.05) is 0 Å². The van der Waals surface area contributed by atoms with E-state index in [0.29, 0.717) is 0 Å². The van der Waals surface area contributed by atoms with Crippen molar-refractivity contribution in [3.05, 3.63) is 0 Å². The normalized spacial score (nSPS) is 3.88. The minimum absolute atomic E-state index is 0. The van der Waals surface area contributed by atoms with Gasteiger partial charge in [-0.25, -0.2) is 0 Å². The number of rotatable bonds is 0. The summed E-state index contributed by atoms with van der Waals surface area (Å²) in [6, 6.07) is 0. The molecule has 0 aromatic carbocycles. The molecule has 0 unspecified atom stereocenters. The molecule has 5 heteroatoms. The molecule has 0 spiro atoms. The molecule has 0 aliphatic heterocycles. The van der Waals surface area contributed by atoms with E-state index < -0.39 is 5.97 Å². The molecule has 0 saturated carbocycles. The van der Waals surface area contributed by atoms with Gasteiger partial charge in [-0.05, 0) is 6.92 Å². The van der Waals surface area contributed by atoms with Crippen LogP contribution in [0, 0.1) is 0 Å². The molecule has 0 heterocycles. The molecule has 0 bridgehead atoms. The Morgan fingerprint density at radius 2 is 1.50 bits per heavy atom. The molecular formula is C3H8ClNaO3. The van der Waals surface area contributed by atoms with Gasteiger partial charge in [-0.3, -0.25) is 0 Å². The maximum absolute atomic E-state index is 8.89. The molecule has 0 radical (unpaired) electrons. The fourth-order valence-corrected chi connectivity index (χ4v) is 0. The number of carboxylic acids is 1. The fourth-order valence-electron chi connectivity index (χ4n) is 0. The number of aliphatic hydroxyl groups is 1. The summed E-state index contributed by atoms with van der Waals surface area (Å²) in [6.45, 7) is 0.972. The van der Waals surface area contributed by atoms with Crippen LogP contribution in [0.1, 0.15) is 6.92 Å². The Balaban J connectivity index is -0.0000000183. The van der Waals surface area contributed by atoms with Gasteiger partial charge in [-0.2, -0.15) is 0 Å². The van der Waals surface area contributed by atoms with Gasteiger partial charge in [0.1, 0.15) is 0 Å². The molecule has 3 nitrogen and oxygen atoms in total. The van der Waals surface area contributed by atoms with E-state index >= 15 is 0 Å². The van der Waals surface area contributed by atoms with Crippen LogP contribution in [-0.4, -0.2) is 18.2 Å². The van der Waals surface area contributed by atoms with Crippen LogP contribution in [0.25, 0.3) is 0 Å². The molecule has 0 saturated heterocycles. The quantitative estimate of drug-likeness (QED) is 0.356. The predicted molar refractivity (Wildman–Crippen MR) is 26.1 cm³/mol. The van der Waals surface area contributed by atoms with Crippen molar-refractivity contribution < 1.29 is 44.6 Å². The number of halogens is 1. The van der Waals surface area contributed by atoms with Crippen molar-refractivity contribution in [2.24, 2.45) is 0 Å². The largest absolute Gasteiger partial charge is 1.00 e. The van der Waals surface area contributed by atoms with Crippen molar-refractivity contribution in [3.8, 4) is 0 Å². The number of hydrogen-bond donors (Lipinski definition) is 1. The van der Waals surface area contributed by atoms with Crippen LogP contribution in [0.2, 0.25) is 0 Å². The zero-order valence-corrected chi connectivity index (χ0v) is 7.99. The summed E-state index contributed by atoms with van der Waals surface area (Å²) in [5, 5.41) is 15.9. The molecule has 0 rings (SSSR count). The van der Waals surface area contributed by atoms with Gasteiger partial charge in [-0.15, -0.1) is 12.4 Å². The van der Waals surface area contributed by atoms with Gasteiger partial charge < -0.3 is 15.0 Å². The van der Waals surface area contributed by atoms with E-state index in [0.717, 1.165) is 14.0 Å². The van der Waals surface area contributed by atoms with Gasteiger partial charge in [0.25, 0.3) is 0 Å². The van der Waals surface area contributed by atoms with E-state index in [4.69, 9.17) is 15.0 Å². The minimum Gasteiger partial charge on any atom is -0.550 e. The summed E-state index contributed by atoms with van der Waals surface area (Å²) in [7, 11) is 1.00. The van der Waals surface area contributed by atoms with Crippen LogP contribution < -0.4 is 34.7 Å². The van der Waals surface area contributed by atoms with Gasteiger partial charge in [-0.1, -0.05) is 0 Å². The third-order valence-electron chi connectivity index (χ3n) is 0. The van der Waals surface area contributed by atoms with Crippen LogP contribution in [0.5, 0.6) is 0 Å². The maximum atomic E-state index is 8.89. The third kappa shape index (κ3) is 424. The molecule has 0 aromatic rings. The Bertz CT molecular complexity index is 37.5. The minimum atomic E-state index is -1.08. The number of hydrogen-bond acceptors (Lipinski definition) is 3. The van der Waals surface area contributed by atoms with E-state index in [2.05, 4.69) is 0 Å². The Hall–Kier alpha value is 0.720. The molecule has 0 aliphatic rings. The summed E-state index contributed by atoms with van der Waals surface area (Å²) in [6.07, 6.45) is 0. The molecule has 0 aliphatic carbocycles. The summed E-state index contributed by atoms with van der Waals surface area (Å²) in [4.78, 5) is 8.89. The topological polar surface area (TPSA) is 60.4 Å². The molecule has 0 atom stereocenters. The molecular weight excluding hydrogens is 142 g/mol. The Morgan fingerprint density at radius 3 is 1.50 bits per heavy atom. The molecule has 8 heavy (non-hydrogen) atoms. The van der Waals surface area contributed by atoms with Crippen LogP contribution in [-0.2, 0) is 4.79 Å². The van der Waals surface area contributed by atoms with E-state index in [-0.39, 0.29) is 42.0 Å². The predicted octanol–water partition coefficient (Wildman–Crippen LogP) is -4.21. The number of aliphatic hydroxyl groups excluding tert-OH is 1. The van der Waals surface area contributed by atoms with Gasteiger partial charge in [0, 0.05) is 13.1 Å². The number of carbonyl (C=O) groups excluding carboxylic acids is 1. The number of carbonyl (C=O) groups is 1.